The number of anilines is 1. The lowest BCUT2D eigenvalue weighted by Gasteiger charge is -2.08. The molecule has 0 bridgehead atoms. The van der Waals surface area contributed by atoms with E-state index in [4.69, 9.17) is 0 Å². The van der Waals surface area contributed by atoms with Crippen molar-refractivity contribution in [2.75, 3.05) is 5.32 Å². The molecule has 0 spiro atoms. The van der Waals surface area contributed by atoms with E-state index in [1.807, 2.05) is 24.7 Å². The fraction of sp³-hybridized carbons (Fsp3) is 0.500. The van der Waals surface area contributed by atoms with Crippen molar-refractivity contribution in [3.8, 4) is 0 Å². The summed E-state index contributed by atoms with van der Waals surface area (Å²) in [5, 5.41) is 7.50. The molecule has 0 aromatic carbocycles. The van der Waals surface area contributed by atoms with Gasteiger partial charge in [-0.2, -0.15) is 5.10 Å². The Morgan fingerprint density at radius 1 is 1.41 bits per heavy atom. The molecule has 2 rings (SSSR count). The molecule has 5 nitrogen and oxygen atoms in total. The second-order valence-corrected chi connectivity index (χ2v) is 4.20. The zero-order valence-corrected chi connectivity index (χ0v) is 10.6. The molecule has 0 aliphatic carbocycles. The predicted molar refractivity (Wildman–Crippen MR) is 67.8 cm³/mol. The normalized spacial score (nSPS) is 10.8. The molecule has 1 N–H and O–H groups in total. The summed E-state index contributed by atoms with van der Waals surface area (Å²) in [6.07, 6.45) is 4.99. The monoisotopic (exact) mass is 233 g/mol. The maximum Gasteiger partial charge on any atom is 0.203 e. The van der Waals surface area contributed by atoms with Crippen LogP contribution in [0.3, 0.4) is 0 Å². The van der Waals surface area contributed by atoms with E-state index in [0.717, 1.165) is 36.8 Å². The highest BCUT2D eigenvalue weighted by molar-refractivity contribution is 5.29. The van der Waals surface area contributed by atoms with Gasteiger partial charge in [0.25, 0.3) is 0 Å². The Morgan fingerprint density at radius 3 is 2.88 bits per heavy atom. The van der Waals surface area contributed by atoms with Crippen molar-refractivity contribution in [2.24, 2.45) is 7.05 Å². The Morgan fingerprint density at radius 2 is 2.24 bits per heavy atom. The summed E-state index contributed by atoms with van der Waals surface area (Å²) in [5.41, 5.74) is 2.19. The van der Waals surface area contributed by atoms with Crippen LogP contribution < -0.4 is 5.32 Å². The van der Waals surface area contributed by atoms with E-state index in [1.165, 1.54) is 0 Å². The van der Waals surface area contributed by atoms with Gasteiger partial charge in [-0.25, -0.2) is 4.98 Å². The number of hydrogen-bond donors (Lipinski definition) is 1. The summed E-state index contributed by atoms with van der Waals surface area (Å²) in [6.45, 7) is 5.92. The minimum absolute atomic E-state index is 0.747. The van der Waals surface area contributed by atoms with Crippen molar-refractivity contribution in [3.63, 3.8) is 0 Å². The summed E-state index contributed by atoms with van der Waals surface area (Å²) in [4.78, 5) is 4.48. The van der Waals surface area contributed by atoms with Gasteiger partial charge in [0.1, 0.15) is 0 Å². The number of nitrogens with one attached hydrogen (secondary N) is 1. The third kappa shape index (κ3) is 2.67. The van der Waals surface area contributed by atoms with Crippen LogP contribution in [0.4, 0.5) is 5.95 Å². The highest BCUT2D eigenvalue weighted by Gasteiger charge is 2.05. The average molecular weight is 233 g/mol. The minimum Gasteiger partial charge on any atom is -0.350 e. The van der Waals surface area contributed by atoms with Crippen LogP contribution in [0, 0.1) is 6.92 Å². The first-order valence-electron chi connectivity index (χ1n) is 5.95. The molecule has 0 radical (unpaired) electrons. The maximum atomic E-state index is 4.48. The molecule has 0 fully saturated rings. The smallest absolute Gasteiger partial charge is 0.203 e. The van der Waals surface area contributed by atoms with Crippen molar-refractivity contribution in [1.82, 2.24) is 19.3 Å². The first kappa shape index (κ1) is 11.7. The van der Waals surface area contributed by atoms with Gasteiger partial charge >= 0.3 is 0 Å². The van der Waals surface area contributed by atoms with Gasteiger partial charge in [0.15, 0.2) is 0 Å². The number of aromatic nitrogens is 4. The summed E-state index contributed by atoms with van der Waals surface area (Å²) >= 11 is 0. The molecule has 2 heterocycles. The fourth-order valence-electron chi connectivity index (χ4n) is 1.84. The lowest BCUT2D eigenvalue weighted by molar-refractivity contribution is 0.675. The zero-order chi connectivity index (χ0) is 12.3. The average Bonchev–Trinajstić information content (AvgIpc) is 2.83. The van der Waals surface area contributed by atoms with E-state index in [2.05, 4.69) is 33.1 Å². The molecule has 0 saturated heterocycles. The van der Waals surface area contributed by atoms with Crippen LogP contribution >= 0.6 is 0 Å². The van der Waals surface area contributed by atoms with Crippen LogP contribution in [0.5, 0.6) is 0 Å². The van der Waals surface area contributed by atoms with E-state index >= 15 is 0 Å². The van der Waals surface area contributed by atoms with E-state index in [0.29, 0.717) is 0 Å². The highest BCUT2D eigenvalue weighted by Crippen LogP contribution is 2.10. The Bertz CT molecular complexity index is 483. The zero-order valence-electron chi connectivity index (χ0n) is 10.6. The number of rotatable bonds is 5. The molecule has 0 aliphatic rings. The quantitative estimate of drug-likeness (QED) is 0.858. The van der Waals surface area contributed by atoms with Gasteiger partial charge in [-0.15, -0.1) is 0 Å². The van der Waals surface area contributed by atoms with Crippen LogP contribution in [0.15, 0.2) is 18.5 Å². The number of imidazole rings is 1. The first-order valence-corrected chi connectivity index (χ1v) is 5.95. The van der Waals surface area contributed by atoms with Crippen molar-refractivity contribution < 1.29 is 0 Å². The molecular weight excluding hydrogens is 214 g/mol. The third-order valence-electron chi connectivity index (χ3n) is 2.71. The standard InChI is InChI=1S/C12H19N5/c1-4-7-17-9-10(2)15-12(17)13-8-11-5-6-14-16(11)3/h5-6,9H,4,7-8H2,1-3H3,(H,13,15). The largest absolute Gasteiger partial charge is 0.350 e. The lowest BCUT2D eigenvalue weighted by Crippen LogP contribution is -2.10. The minimum atomic E-state index is 0.747. The topological polar surface area (TPSA) is 47.7 Å². The fourth-order valence-corrected chi connectivity index (χ4v) is 1.84. The van der Waals surface area contributed by atoms with Gasteiger partial charge in [-0.05, 0) is 19.4 Å². The van der Waals surface area contributed by atoms with Gasteiger partial charge in [0.05, 0.1) is 17.9 Å². The van der Waals surface area contributed by atoms with E-state index in [1.54, 1.807) is 6.20 Å². The Kier molecular flexibility index (Phi) is 3.46. The Labute approximate surface area is 101 Å². The number of hydrogen-bond acceptors (Lipinski definition) is 3. The van der Waals surface area contributed by atoms with Gasteiger partial charge < -0.3 is 9.88 Å². The van der Waals surface area contributed by atoms with Crippen molar-refractivity contribution in [2.45, 2.75) is 33.4 Å². The van der Waals surface area contributed by atoms with E-state index in [9.17, 15) is 0 Å². The molecule has 17 heavy (non-hydrogen) atoms. The molecule has 2 aromatic rings. The second-order valence-electron chi connectivity index (χ2n) is 4.20. The molecule has 0 unspecified atom stereocenters. The molecular formula is C12H19N5. The first-order chi connectivity index (χ1) is 8.20. The third-order valence-corrected chi connectivity index (χ3v) is 2.71. The molecule has 0 amide bonds. The van der Waals surface area contributed by atoms with E-state index in [-0.39, 0.29) is 0 Å². The molecule has 0 saturated carbocycles. The van der Waals surface area contributed by atoms with Crippen molar-refractivity contribution >= 4 is 5.95 Å². The predicted octanol–water partition coefficient (Wildman–Crippen LogP) is 1.95. The van der Waals surface area contributed by atoms with Crippen LogP contribution in [-0.2, 0) is 20.1 Å². The van der Waals surface area contributed by atoms with Gasteiger partial charge in [0, 0.05) is 26.0 Å². The van der Waals surface area contributed by atoms with Crippen LogP contribution in [0.1, 0.15) is 24.7 Å². The Hall–Kier alpha value is -1.78. The number of aryl methyl sites for hydroxylation is 3. The SMILES string of the molecule is CCCn1cc(C)nc1NCc1ccnn1C. The van der Waals surface area contributed by atoms with Gasteiger partial charge in [0.2, 0.25) is 5.95 Å². The Balaban J connectivity index is 2.05. The lowest BCUT2D eigenvalue weighted by atomic mass is 10.4. The maximum absolute atomic E-state index is 4.48. The van der Waals surface area contributed by atoms with Gasteiger partial charge in [-0.3, -0.25) is 4.68 Å². The summed E-state index contributed by atoms with van der Waals surface area (Å²) < 4.78 is 4.03. The van der Waals surface area contributed by atoms with Crippen LogP contribution in [-0.4, -0.2) is 19.3 Å². The molecule has 92 valence electrons. The molecule has 0 atom stereocenters. The van der Waals surface area contributed by atoms with E-state index < -0.39 is 0 Å². The van der Waals surface area contributed by atoms with Crippen LogP contribution in [0.2, 0.25) is 0 Å². The summed E-state index contributed by atoms with van der Waals surface area (Å²) in [5.74, 6) is 0.936. The van der Waals surface area contributed by atoms with Crippen molar-refractivity contribution in [3.05, 3.63) is 29.8 Å². The van der Waals surface area contributed by atoms with Crippen molar-refractivity contribution in [1.29, 1.82) is 0 Å². The molecule has 0 aliphatic heterocycles. The summed E-state index contributed by atoms with van der Waals surface area (Å²) in [7, 11) is 1.95. The summed E-state index contributed by atoms with van der Waals surface area (Å²) in [6, 6.07) is 2.01. The highest BCUT2D eigenvalue weighted by atomic mass is 15.3. The number of nitrogens with zero attached hydrogens (tertiary/aromatic N) is 4. The van der Waals surface area contributed by atoms with Gasteiger partial charge in [-0.1, -0.05) is 6.92 Å². The van der Waals surface area contributed by atoms with Crippen LogP contribution in [0.25, 0.3) is 0 Å². The second kappa shape index (κ2) is 5.03. The molecule has 2 aromatic heterocycles. The molecule has 5 heteroatoms.